The lowest BCUT2D eigenvalue weighted by atomic mass is 9.97. The minimum absolute atomic E-state index is 0.0549. The van der Waals surface area contributed by atoms with Crippen molar-refractivity contribution in [2.45, 2.75) is 82.7 Å². The van der Waals surface area contributed by atoms with Crippen LogP contribution < -0.4 is 14.4 Å². The van der Waals surface area contributed by atoms with Crippen LogP contribution in [0.5, 0.6) is 5.75 Å². The third kappa shape index (κ3) is 4.96. The Morgan fingerprint density at radius 3 is 2.56 bits per heavy atom. The molecule has 0 unspecified atom stereocenters. The number of rotatable bonds is 6. The van der Waals surface area contributed by atoms with Gasteiger partial charge in [-0.15, -0.1) is 0 Å². The second kappa shape index (κ2) is 9.58. The maximum atomic E-state index is 13.2. The number of amides is 1. The zero-order chi connectivity index (χ0) is 22.7. The van der Waals surface area contributed by atoms with Gasteiger partial charge in [0, 0.05) is 18.5 Å². The predicted molar refractivity (Wildman–Crippen MR) is 118 cm³/mol. The van der Waals surface area contributed by atoms with Gasteiger partial charge in [-0.05, 0) is 31.4 Å². The summed E-state index contributed by atoms with van der Waals surface area (Å²) in [4.78, 5) is 18.5. The van der Waals surface area contributed by atoms with Crippen molar-refractivity contribution in [3.8, 4) is 5.75 Å². The van der Waals surface area contributed by atoms with E-state index in [9.17, 15) is 13.2 Å². The lowest BCUT2D eigenvalue weighted by Crippen LogP contribution is -2.39. The molecule has 1 amide bonds. The van der Waals surface area contributed by atoms with Crippen LogP contribution in [0.1, 0.15) is 69.1 Å². The molecule has 1 aromatic heterocycles. The van der Waals surface area contributed by atoms with Crippen LogP contribution in [0, 0.1) is 6.92 Å². The maximum Gasteiger partial charge on any atom is 0.265 e. The van der Waals surface area contributed by atoms with E-state index in [0.29, 0.717) is 35.1 Å². The van der Waals surface area contributed by atoms with Gasteiger partial charge in [0.05, 0.1) is 17.1 Å². The number of ether oxygens (including phenoxy) is 1. The highest BCUT2D eigenvalue weighted by Gasteiger charge is 2.31. The van der Waals surface area contributed by atoms with E-state index in [2.05, 4.69) is 14.9 Å². The normalized spacial score (nSPS) is 18.1. The average Bonchev–Trinajstić information content (AvgIpc) is 3.19. The molecule has 2 aromatic rings. The summed E-state index contributed by atoms with van der Waals surface area (Å²) >= 11 is 0. The first kappa shape index (κ1) is 22.7. The Bertz CT molecular complexity index is 1070. The summed E-state index contributed by atoms with van der Waals surface area (Å²) in [5.41, 5.74) is 1.05. The van der Waals surface area contributed by atoms with Gasteiger partial charge in [0.25, 0.3) is 5.91 Å². The van der Waals surface area contributed by atoms with Crippen molar-refractivity contribution >= 4 is 21.6 Å². The van der Waals surface area contributed by atoms with E-state index in [0.717, 1.165) is 38.5 Å². The molecule has 1 saturated carbocycles. The first-order valence-electron chi connectivity index (χ1n) is 11.3. The van der Waals surface area contributed by atoms with Gasteiger partial charge >= 0.3 is 0 Å². The minimum Gasteiger partial charge on any atom is -0.482 e. The van der Waals surface area contributed by atoms with Crippen molar-refractivity contribution in [1.82, 2.24) is 14.9 Å². The SMILES string of the molecule is CCc1nc(CN2C(=O)COc3cc(S(=O)(=O)NC4CCCCCCC4)c(C)cc32)no1. The number of sulfonamides is 1. The molecule has 0 bridgehead atoms. The number of aryl methyl sites for hydroxylation is 2. The molecule has 10 heteroatoms. The van der Waals surface area contributed by atoms with E-state index in [1.165, 1.54) is 17.4 Å². The second-order valence-electron chi connectivity index (χ2n) is 8.48. The van der Waals surface area contributed by atoms with Crippen LogP contribution in [0.4, 0.5) is 5.69 Å². The van der Waals surface area contributed by atoms with Gasteiger partial charge in [-0.3, -0.25) is 9.69 Å². The number of nitrogens with zero attached hydrogens (tertiary/aromatic N) is 3. The largest absolute Gasteiger partial charge is 0.482 e. The van der Waals surface area contributed by atoms with E-state index in [1.807, 2.05) is 6.92 Å². The van der Waals surface area contributed by atoms with Gasteiger partial charge in [0.2, 0.25) is 15.9 Å². The smallest absolute Gasteiger partial charge is 0.265 e. The van der Waals surface area contributed by atoms with Crippen molar-refractivity contribution < 1.29 is 22.5 Å². The number of anilines is 1. The summed E-state index contributed by atoms with van der Waals surface area (Å²) in [5, 5.41) is 3.92. The lowest BCUT2D eigenvalue weighted by molar-refractivity contribution is -0.121. The van der Waals surface area contributed by atoms with Gasteiger partial charge in [-0.1, -0.05) is 44.2 Å². The highest BCUT2D eigenvalue weighted by atomic mass is 32.2. The monoisotopic (exact) mass is 462 g/mol. The van der Waals surface area contributed by atoms with Gasteiger partial charge in [0.1, 0.15) is 5.75 Å². The van der Waals surface area contributed by atoms with Crippen molar-refractivity contribution in [3.05, 3.63) is 29.4 Å². The van der Waals surface area contributed by atoms with E-state index < -0.39 is 10.0 Å². The van der Waals surface area contributed by atoms with E-state index >= 15 is 0 Å². The number of carbonyl (C=O) groups excluding carboxylic acids is 1. The summed E-state index contributed by atoms with van der Waals surface area (Å²) in [5.74, 6) is 0.998. The van der Waals surface area contributed by atoms with E-state index in [-0.39, 0.29) is 30.0 Å². The number of hydrogen-bond acceptors (Lipinski definition) is 7. The molecule has 2 heterocycles. The molecular formula is C22H30N4O5S. The summed E-state index contributed by atoms with van der Waals surface area (Å²) < 4.78 is 40.0. The summed E-state index contributed by atoms with van der Waals surface area (Å²) in [6.45, 7) is 3.59. The number of nitrogens with one attached hydrogen (secondary N) is 1. The van der Waals surface area contributed by atoms with Crippen molar-refractivity contribution in [2.75, 3.05) is 11.5 Å². The number of fused-ring (bicyclic) bond motifs is 1. The topological polar surface area (TPSA) is 115 Å². The van der Waals surface area contributed by atoms with Crippen LogP contribution in [-0.4, -0.2) is 37.1 Å². The second-order valence-corrected chi connectivity index (χ2v) is 10.2. The Labute approximate surface area is 188 Å². The molecule has 0 radical (unpaired) electrons. The summed E-state index contributed by atoms with van der Waals surface area (Å²) in [6.07, 6.45) is 7.90. The number of carbonyl (C=O) groups is 1. The highest BCUT2D eigenvalue weighted by Crippen LogP contribution is 2.37. The molecule has 4 rings (SSSR count). The fourth-order valence-electron chi connectivity index (χ4n) is 4.29. The molecular weight excluding hydrogens is 432 g/mol. The molecule has 32 heavy (non-hydrogen) atoms. The molecule has 174 valence electrons. The Hall–Kier alpha value is -2.46. The molecule has 9 nitrogen and oxygen atoms in total. The van der Waals surface area contributed by atoms with Crippen LogP contribution in [0.15, 0.2) is 21.6 Å². The van der Waals surface area contributed by atoms with Gasteiger partial charge in [-0.25, -0.2) is 13.1 Å². The first-order chi connectivity index (χ1) is 15.4. The zero-order valence-electron chi connectivity index (χ0n) is 18.6. The Morgan fingerprint density at radius 2 is 1.88 bits per heavy atom. The van der Waals surface area contributed by atoms with Crippen LogP contribution in [0.25, 0.3) is 0 Å². The Balaban J connectivity index is 1.59. The molecule has 1 N–H and O–H groups in total. The van der Waals surface area contributed by atoms with E-state index in [1.54, 1.807) is 13.0 Å². The van der Waals surface area contributed by atoms with Crippen LogP contribution in [0.3, 0.4) is 0 Å². The molecule has 1 fully saturated rings. The van der Waals surface area contributed by atoms with Crippen molar-refractivity contribution in [1.29, 1.82) is 0 Å². The number of benzene rings is 1. The van der Waals surface area contributed by atoms with Crippen LogP contribution in [0.2, 0.25) is 0 Å². The summed E-state index contributed by atoms with van der Waals surface area (Å²) in [6, 6.07) is 3.14. The van der Waals surface area contributed by atoms with Crippen LogP contribution in [-0.2, 0) is 27.8 Å². The molecule has 0 spiro atoms. The van der Waals surface area contributed by atoms with Gasteiger partial charge < -0.3 is 9.26 Å². The first-order valence-corrected chi connectivity index (χ1v) is 12.8. The standard InChI is InChI=1S/C22H30N4O5S/c1-3-21-23-20(24-31-21)13-26-17-11-15(2)19(12-18(17)30-14-22(26)27)32(28,29)25-16-9-7-5-4-6-8-10-16/h11-12,16,25H,3-10,13-14H2,1-2H3. The Morgan fingerprint density at radius 1 is 1.16 bits per heavy atom. The van der Waals surface area contributed by atoms with E-state index in [4.69, 9.17) is 9.26 Å². The quantitative estimate of drug-likeness (QED) is 0.701. The fourth-order valence-corrected chi connectivity index (χ4v) is 5.84. The lowest BCUT2D eigenvalue weighted by Gasteiger charge is -2.29. The highest BCUT2D eigenvalue weighted by molar-refractivity contribution is 7.89. The maximum absolute atomic E-state index is 13.2. The molecule has 1 aromatic carbocycles. The van der Waals surface area contributed by atoms with Crippen LogP contribution >= 0.6 is 0 Å². The Kier molecular flexibility index (Phi) is 6.80. The zero-order valence-corrected chi connectivity index (χ0v) is 19.4. The average molecular weight is 463 g/mol. The molecule has 2 aliphatic rings. The number of hydrogen-bond donors (Lipinski definition) is 1. The van der Waals surface area contributed by atoms with Gasteiger partial charge in [0.15, 0.2) is 12.4 Å². The van der Waals surface area contributed by atoms with Crippen molar-refractivity contribution in [3.63, 3.8) is 0 Å². The van der Waals surface area contributed by atoms with Crippen molar-refractivity contribution in [2.24, 2.45) is 0 Å². The molecule has 1 aliphatic heterocycles. The molecule has 1 aliphatic carbocycles. The minimum atomic E-state index is -3.72. The summed E-state index contributed by atoms with van der Waals surface area (Å²) in [7, 11) is -3.72. The third-order valence-electron chi connectivity index (χ3n) is 6.03. The van der Waals surface area contributed by atoms with Gasteiger partial charge in [-0.2, -0.15) is 4.98 Å². The molecule has 0 saturated heterocycles. The number of aromatic nitrogens is 2. The fraction of sp³-hybridized carbons (Fsp3) is 0.591. The predicted octanol–water partition coefficient (Wildman–Crippen LogP) is 3.26. The molecule has 0 atom stereocenters. The third-order valence-corrected chi connectivity index (χ3v) is 7.69.